The Kier molecular flexibility index (Phi) is 2.78. The number of rotatable bonds is 1. The average molecular weight is 148 g/mol. The van der Waals surface area contributed by atoms with E-state index in [0.717, 1.165) is 24.6 Å². The second-order valence-electron chi connectivity index (χ2n) is 1.90. The van der Waals surface area contributed by atoms with Crippen molar-refractivity contribution in [3.63, 3.8) is 0 Å². The van der Waals surface area contributed by atoms with Gasteiger partial charge in [0.25, 0.3) is 6.41 Å². The third-order valence-corrected chi connectivity index (χ3v) is 2.24. The Morgan fingerprint density at radius 2 is 1.78 bits per heavy atom. The van der Waals surface area contributed by atoms with E-state index in [9.17, 15) is 0 Å². The second kappa shape index (κ2) is 3.41. The molecule has 2 N–H and O–H groups in total. The molecule has 0 aliphatic carbocycles. The van der Waals surface area contributed by atoms with Gasteiger partial charge in [0.05, 0.1) is 0 Å². The monoisotopic (exact) mass is 148 g/mol. The van der Waals surface area contributed by atoms with Crippen LogP contribution in [0.2, 0.25) is 0 Å². The summed E-state index contributed by atoms with van der Waals surface area (Å²) in [4.78, 5) is 1.57. The van der Waals surface area contributed by atoms with Crippen LogP contribution in [0.3, 0.4) is 0 Å². The van der Waals surface area contributed by atoms with E-state index in [1.165, 1.54) is 0 Å². The highest BCUT2D eigenvalue weighted by Crippen LogP contribution is 2.12. The van der Waals surface area contributed by atoms with E-state index in [0.29, 0.717) is 0 Å². The van der Waals surface area contributed by atoms with Crippen LogP contribution < -0.4 is 0 Å². The lowest BCUT2D eigenvalue weighted by Gasteiger charge is -2.25. The maximum absolute atomic E-state index is 8.57. The Hall–Kier alpha value is 0.230. The zero-order valence-electron chi connectivity index (χ0n) is 5.08. The van der Waals surface area contributed by atoms with Crippen LogP contribution in [0.15, 0.2) is 0 Å². The molecule has 1 aliphatic rings. The summed E-state index contributed by atoms with van der Waals surface area (Å²) >= 11 is 1.84. The normalized spacial score (nSPS) is 23.0. The molecule has 53 valence electrons. The van der Waals surface area contributed by atoms with Crippen molar-refractivity contribution in [3.8, 4) is 0 Å². The molecule has 0 aromatic heterocycles. The van der Waals surface area contributed by atoms with Crippen molar-refractivity contribution >= 4 is 11.8 Å². The van der Waals surface area contributed by atoms with Crippen molar-refractivity contribution in [3.05, 3.63) is 6.41 Å². The van der Waals surface area contributed by atoms with Gasteiger partial charge in [0, 0.05) is 24.6 Å². The number of hydrogen-bond acceptors (Lipinski definition) is 4. The molecule has 0 bridgehead atoms. The first-order valence-electron chi connectivity index (χ1n) is 2.88. The molecule has 1 radical (unpaired) electrons. The van der Waals surface area contributed by atoms with E-state index in [-0.39, 0.29) is 0 Å². The van der Waals surface area contributed by atoms with Gasteiger partial charge in [-0.15, -0.1) is 0 Å². The molecule has 9 heavy (non-hydrogen) atoms. The van der Waals surface area contributed by atoms with Crippen LogP contribution in [0.5, 0.6) is 0 Å². The summed E-state index contributed by atoms with van der Waals surface area (Å²) < 4.78 is 0. The summed E-state index contributed by atoms with van der Waals surface area (Å²) in [6.07, 6.45) is -0.532. The summed E-state index contributed by atoms with van der Waals surface area (Å²) in [5, 5.41) is 17.1. The Balaban J connectivity index is 2.23. The van der Waals surface area contributed by atoms with Crippen LogP contribution in [0.4, 0.5) is 0 Å². The molecule has 0 aromatic carbocycles. The van der Waals surface area contributed by atoms with Gasteiger partial charge in [0.1, 0.15) is 0 Å². The number of nitrogens with zero attached hydrogens (tertiary/aromatic N) is 1. The lowest BCUT2D eigenvalue weighted by atomic mass is 10.5. The van der Waals surface area contributed by atoms with Gasteiger partial charge >= 0.3 is 0 Å². The van der Waals surface area contributed by atoms with Crippen molar-refractivity contribution in [2.24, 2.45) is 0 Å². The van der Waals surface area contributed by atoms with E-state index < -0.39 is 6.41 Å². The molecule has 3 nitrogen and oxygen atoms in total. The smallest absolute Gasteiger partial charge is 0.298 e. The molecule has 0 unspecified atom stereocenters. The van der Waals surface area contributed by atoms with E-state index >= 15 is 0 Å². The summed E-state index contributed by atoms with van der Waals surface area (Å²) in [7, 11) is 0. The molecule has 0 saturated carbocycles. The van der Waals surface area contributed by atoms with Crippen LogP contribution in [-0.4, -0.2) is 39.7 Å². The molecule has 1 fully saturated rings. The first-order valence-corrected chi connectivity index (χ1v) is 4.04. The molecule has 0 atom stereocenters. The van der Waals surface area contributed by atoms with E-state index in [4.69, 9.17) is 10.2 Å². The zero-order chi connectivity index (χ0) is 6.69. The largest absolute Gasteiger partial charge is 0.348 e. The van der Waals surface area contributed by atoms with Gasteiger partial charge in [-0.25, -0.2) is 4.90 Å². The van der Waals surface area contributed by atoms with Crippen LogP contribution in [0, 0.1) is 6.41 Å². The molecule has 1 rings (SSSR count). The van der Waals surface area contributed by atoms with Crippen LogP contribution in [-0.2, 0) is 0 Å². The lowest BCUT2D eigenvalue weighted by molar-refractivity contribution is -0.0366. The minimum atomic E-state index is -0.532. The maximum Gasteiger partial charge on any atom is 0.298 e. The number of hydrogen-bond donors (Lipinski definition) is 2. The Bertz CT molecular complexity index is 83.0. The van der Waals surface area contributed by atoms with E-state index in [2.05, 4.69) is 0 Å². The van der Waals surface area contributed by atoms with Gasteiger partial charge in [-0.1, -0.05) is 0 Å². The SMILES string of the molecule is O[C](O)N1CCSCC1. The Morgan fingerprint density at radius 1 is 1.22 bits per heavy atom. The number of aliphatic hydroxyl groups excluding tert-OH is 1. The van der Waals surface area contributed by atoms with Crippen LogP contribution in [0.1, 0.15) is 0 Å². The molecule has 0 spiro atoms. The zero-order valence-corrected chi connectivity index (χ0v) is 5.89. The summed E-state index contributed by atoms with van der Waals surface area (Å²) in [5.74, 6) is 1.98. The van der Waals surface area contributed by atoms with Gasteiger partial charge in [0.15, 0.2) is 0 Å². The van der Waals surface area contributed by atoms with Crippen molar-refractivity contribution in [1.82, 2.24) is 4.90 Å². The number of aliphatic hydroxyl groups is 2. The van der Waals surface area contributed by atoms with Crippen LogP contribution in [0.25, 0.3) is 0 Å². The standard InChI is InChI=1S/C5H10NO2S/c7-5(8)6-1-3-9-4-2-6/h7-8H,1-4H2. The summed E-state index contributed by atoms with van der Waals surface area (Å²) in [5.41, 5.74) is 0. The summed E-state index contributed by atoms with van der Waals surface area (Å²) in [6.45, 7) is 1.51. The van der Waals surface area contributed by atoms with Gasteiger partial charge in [-0.2, -0.15) is 11.8 Å². The molecule has 1 aliphatic heterocycles. The third-order valence-electron chi connectivity index (χ3n) is 1.29. The lowest BCUT2D eigenvalue weighted by Crippen LogP contribution is -2.35. The molecule has 1 saturated heterocycles. The van der Waals surface area contributed by atoms with Gasteiger partial charge in [-0.3, -0.25) is 0 Å². The third kappa shape index (κ3) is 2.14. The van der Waals surface area contributed by atoms with Gasteiger partial charge < -0.3 is 10.2 Å². The van der Waals surface area contributed by atoms with Crippen molar-refractivity contribution < 1.29 is 10.2 Å². The average Bonchev–Trinajstić information content (AvgIpc) is 1.90. The first kappa shape index (κ1) is 7.34. The summed E-state index contributed by atoms with van der Waals surface area (Å²) in [6, 6.07) is 0. The predicted molar refractivity (Wildman–Crippen MR) is 36.0 cm³/mol. The van der Waals surface area contributed by atoms with Crippen molar-refractivity contribution in [2.75, 3.05) is 24.6 Å². The second-order valence-corrected chi connectivity index (χ2v) is 3.12. The molecular formula is C5H10NO2S. The quantitative estimate of drug-likeness (QED) is 0.558. The van der Waals surface area contributed by atoms with Gasteiger partial charge in [0.2, 0.25) is 0 Å². The Labute approximate surface area is 58.7 Å². The van der Waals surface area contributed by atoms with Gasteiger partial charge in [-0.05, 0) is 0 Å². The minimum absolute atomic E-state index is 0.532. The molecule has 0 amide bonds. The van der Waals surface area contributed by atoms with Crippen molar-refractivity contribution in [2.45, 2.75) is 0 Å². The molecule has 0 aromatic rings. The topological polar surface area (TPSA) is 43.7 Å². The highest BCUT2D eigenvalue weighted by molar-refractivity contribution is 7.99. The highest BCUT2D eigenvalue weighted by Gasteiger charge is 2.16. The predicted octanol–water partition coefficient (Wildman–Crippen LogP) is 0.227. The fraction of sp³-hybridized carbons (Fsp3) is 0.800. The maximum atomic E-state index is 8.57. The minimum Gasteiger partial charge on any atom is -0.348 e. The van der Waals surface area contributed by atoms with E-state index in [1.807, 2.05) is 11.8 Å². The molecular weight excluding hydrogens is 138 g/mol. The highest BCUT2D eigenvalue weighted by atomic mass is 32.2. The fourth-order valence-electron chi connectivity index (χ4n) is 0.763. The molecule has 4 heteroatoms. The first-order chi connectivity index (χ1) is 4.30. The van der Waals surface area contributed by atoms with Crippen molar-refractivity contribution in [1.29, 1.82) is 0 Å². The van der Waals surface area contributed by atoms with Crippen LogP contribution >= 0.6 is 11.8 Å². The molecule has 1 heterocycles. The fourth-order valence-corrected chi connectivity index (χ4v) is 1.67. The van der Waals surface area contributed by atoms with E-state index in [1.54, 1.807) is 4.90 Å². The number of thioether (sulfide) groups is 1. The Morgan fingerprint density at radius 3 is 2.11 bits per heavy atom.